The zero-order valence-electron chi connectivity index (χ0n) is 16.1. The standard InChI is InChI=1S/C19H26N4O3S/c1-4-23-11-13(9-20-23)10-22(2)12-16(24)21-18-17(19(25)26-3)14-7-5-6-8-15(14)27-18/h9,11H,4-8,10,12H2,1-3H3,(H,21,24). The molecule has 2 aromatic rings. The van der Waals surface area contributed by atoms with Gasteiger partial charge < -0.3 is 10.1 Å². The summed E-state index contributed by atoms with van der Waals surface area (Å²) in [5, 5.41) is 7.80. The van der Waals surface area contributed by atoms with Gasteiger partial charge in [-0.15, -0.1) is 11.3 Å². The lowest BCUT2D eigenvalue weighted by Crippen LogP contribution is -2.30. The summed E-state index contributed by atoms with van der Waals surface area (Å²) >= 11 is 1.51. The van der Waals surface area contributed by atoms with Crippen molar-refractivity contribution in [3.05, 3.63) is 34.0 Å². The van der Waals surface area contributed by atoms with Crippen molar-refractivity contribution in [3.63, 3.8) is 0 Å². The average Bonchev–Trinajstić information content (AvgIpc) is 3.24. The summed E-state index contributed by atoms with van der Waals surface area (Å²) in [7, 11) is 3.27. The zero-order valence-corrected chi connectivity index (χ0v) is 16.9. The molecule has 0 spiro atoms. The number of carbonyl (C=O) groups excluding carboxylic acids is 2. The van der Waals surface area contributed by atoms with Crippen molar-refractivity contribution in [2.24, 2.45) is 0 Å². The topological polar surface area (TPSA) is 76.5 Å². The number of amides is 1. The lowest BCUT2D eigenvalue weighted by molar-refractivity contribution is -0.117. The van der Waals surface area contributed by atoms with Crippen molar-refractivity contribution in [1.29, 1.82) is 0 Å². The third-order valence-electron chi connectivity index (χ3n) is 4.69. The van der Waals surface area contributed by atoms with E-state index < -0.39 is 0 Å². The van der Waals surface area contributed by atoms with Crippen LogP contribution in [0.2, 0.25) is 0 Å². The molecule has 7 nitrogen and oxygen atoms in total. The first kappa shape index (κ1) is 19.6. The summed E-state index contributed by atoms with van der Waals surface area (Å²) in [6.45, 7) is 3.73. The molecule has 0 unspecified atom stereocenters. The lowest BCUT2D eigenvalue weighted by atomic mass is 9.95. The van der Waals surface area contributed by atoms with Gasteiger partial charge in [-0.25, -0.2) is 4.79 Å². The van der Waals surface area contributed by atoms with Gasteiger partial charge in [0.1, 0.15) is 5.00 Å². The molecule has 8 heteroatoms. The first-order valence-electron chi connectivity index (χ1n) is 9.24. The van der Waals surface area contributed by atoms with Crippen LogP contribution in [0.5, 0.6) is 0 Å². The van der Waals surface area contributed by atoms with Crippen molar-refractivity contribution in [2.75, 3.05) is 26.0 Å². The Labute approximate surface area is 163 Å². The molecule has 0 saturated heterocycles. The summed E-state index contributed by atoms with van der Waals surface area (Å²) in [5.41, 5.74) is 2.65. The third-order valence-corrected chi connectivity index (χ3v) is 5.90. The Balaban J connectivity index is 1.66. The number of esters is 1. The highest BCUT2D eigenvalue weighted by Crippen LogP contribution is 2.38. The summed E-state index contributed by atoms with van der Waals surface area (Å²) in [5.74, 6) is -0.505. The Bertz CT molecular complexity index is 827. The number of fused-ring (bicyclic) bond motifs is 1. The number of carbonyl (C=O) groups is 2. The van der Waals surface area contributed by atoms with E-state index in [9.17, 15) is 9.59 Å². The maximum absolute atomic E-state index is 12.5. The Morgan fingerprint density at radius 2 is 2.15 bits per heavy atom. The van der Waals surface area contributed by atoms with Crippen LogP contribution in [-0.2, 0) is 35.5 Å². The minimum atomic E-state index is -0.370. The Morgan fingerprint density at radius 1 is 1.37 bits per heavy atom. The van der Waals surface area contributed by atoms with Crippen molar-refractivity contribution in [1.82, 2.24) is 14.7 Å². The number of likely N-dealkylation sites (N-methyl/N-ethyl adjacent to an activating group) is 1. The number of hydrogen-bond donors (Lipinski definition) is 1. The number of anilines is 1. The molecule has 0 fully saturated rings. The summed E-state index contributed by atoms with van der Waals surface area (Å²) < 4.78 is 6.82. The minimum Gasteiger partial charge on any atom is -0.465 e. The van der Waals surface area contributed by atoms with Crippen molar-refractivity contribution in [2.45, 2.75) is 45.7 Å². The zero-order chi connectivity index (χ0) is 19.4. The monoisotopic (exact) mass is 390 g/mol. The van der Waals surface area contributed by atoms with E-state index in [4.69, 9.17) is 4.74 Å². The highest BCUT2D eigenvalue weighted by molar-refractivity contribution is 7.17. The molecular formula is C19H26N4O3S. The lowest BCUT2D eigenvalue weighted by Gasteiger charge is -2.15. The summed E-state index contributed by atoms with van der Waals surface area (Å²) in [4.78, 5) is 27.9. The van der Waals surface area contributed by atoms with E-state index in [2.05, 4.69) is 10.4 Å². The first-order chi connectivity index (χ1) is 13.0. The molecule has 3 rings (SSSR count). The Hall–Kier alpha value is -2.19. The molecule has 0 aromatic carbocycles. The predicted octanol–water partition coefficient (Wildman–Crippen LogP) is 2.70. The number of ether oxygens (including phenoxy) is 1. The van der Waals surface area contributed by atoms with Gasteiger partial charge in [-0.05, 0) is 45.2 Å². The van der Waals surface area contributed by atoms with E-state index in [1.807, 2.05) is 35.9 Å². The van der Waals surface area contributed by atoms with Gasteiger partial charge >= 0.3 is 5.97 Å². The number of nitrogens with one attached hydrogen (secondary N) is 1. The molecular weight excluding hydrogens is 364 g/mol. The first-order valence-corrected chi connectivity index (χ1v) is 10.1. The van der Waals surface area contributed by atoms with E-state index >= 15 is 0 Å². The summed E-state index contributed by atoms with van der Waals surface area (Å²) in [6, 6.07) is 0. The highest BCUT2D eigenvalue weighted by atomic mass is 32.1. The van der Waals surface area contributed by atoms with Gasteiger partial charge in [0.2, 0.25) is 5.91 Å². The molecule has 0 saturated carbocycles. The number of aromatic nitrogens is 2. The molecule has 0 aliphatic heterocycles. The molecule has 1 aliphatic carbocycles. The van der Waals surface area contributed by atoms with Crippen LogP contribution in [0, 0.1) is 0 Å². The Morgan fingerprint density at radius 3 is 2.85 bits per heavy atom. The van der Waals surface area contributed by atoms with E-state index in [0.29, 0.717) is 17.1 Å². The molecule has 27 heavy (non-hydrogen) atoms. The molecule has 2 heterocycles. The van der Waals surface area contributed by atoms with Crippen LogP contribution in [0.1, 0.15) is 46.1 Å². The van der Waals surface area contributed by atoms with Gasteiger partial charge in [0.25, 0.3) is 0 Å². The van der Waals surface area contributed by atoms with Gasteiger partial charge in [-0.1, -0.05) is 0 Å². The fraction of sp³-hybridized carbons (Fsp3) is 0.526. The minimum absolute atomic E-state index is 0.135. The van der Waals surface area contributed by atoms with Crippen molar-refractivity contribution >= 4 is 28.2 Å². The molecule has 1 amide bonds. The van der Waals surface area contributed by atoms with Crippen LogP contribution >= 0.6 is 11.3 Å². The second kappa shape index (κ2) is 8.67. The van der Waals surface area contributed by atoms with Crippen LogP contribution in [0.4, 0.5) is 5.00 Å². The van der Waals surface area contributed by atoms with Crippen molar-refractivity contribution in [3.8, 4) is 0 Å². The van der Waals surface area contributed by atoms with E-state index in [1.165, 1.54) is 23.3 Å². The molecule has 0 bridgehead atoms. The number of rotatable bonds is 7. The van der Waals surface area contributed by atoms with Crippen LogP contribution in [0.3, 0.4) is 0 Å². The smallest absolute Gasteiger partial charge is 0.341 e. The van der Waals surface area contributed by atoms with E-state index in [-0.39, 0.29) is 18.4 Å². The number of aryl methyl sites for hydroxylation is 2. The quantitative estimate of drug-likeness (QED) is 0.736. The Kier molecular flexibility index (Phi) is 6.28. The average molecular weight is 391 g/mol. The van der Waals surface area contributed by atoms with Gasteiger partial charge in [0.05, 0.1) is 25.4 Å². The normalized spacial score (nSPS) is 13.5. The second-order valence-electron chi connectivity index (χ2n) is 6.83. The fourth-order valence-corrected chi connectivity index (χ4v) is 4.71. The number of nitrogens with zero attached hydrogens (tertiary/aromatic N) is 3. The van der Waals surface area contributed by atoms with Gasteiger partial charge in [0.15, 0.2) is 0 Å². The number of thiophene rings is 1. The molecule has 1 N–H and O–H groups in total. The van der Waals surface area contributed by atoms with Gasteiger partial charge in [0, 0.05) is 29.7 Å². The maximum Gasteiger partial charge on any atom is 0.341 e. The van der Waals surface area contributed by atoms with Gasteiger partial charge in [-0.3, -0.25) is 14.4 Å². The molecule has 1 aliphatic rings. The van der Waals surface area contributed by atoms with Crippen molar-refractivity contribution < 1.29 is 14.3 Å². The van der Waals surface area contributed by atoms with Crippen LogP contribution in [0.15, 0.2) is 12.4 Å². The highest BCUT2D eigenvalue weighted by Gasteiger charge is 2.27. The molecule has 0 radical (unpaired) electrons. The number of methoxy groups -OCH3 is 1. The van der Waals surface area contributed by atoms with E-state index in [0.717, 1.165) is 43.4 Å². The predicted molar refractivity (Wildman–Crippen MR) is 105 cm³/mol. The van der Waals surface area contributed by atoms with E-state index in [1.54, 1.807) is 0 Å². The van der Waals surface area contributed by atoms with Crippen LogP contribution in [0.25, 0.3) is 0 Å². The largest absolute Gasteiger partial charge is 0.465 e. The molecule has 146 valence electrons. The fourth-order valence-electron chi connectivity index (χ4n) is 3.41. The second-order valence-corrected chi connectivity index (χ2v) is 7.94. The summed E-state index contributed by atoms with van der Waals surface area (Å²) in [6.07, 6.45) is 7.82. The SMILES string of the molecule is CCn1cc(CN(C)CC(=O)Nc2sc3c(c2C(=O)OC)CCCC3)cn1. The molecule has 0 atom stereocenters. The third kappa shape index (κ3) is 4.56. The maximum atomic E-state index is 12.5. The van der Waals surface area contributed by atoms with Crippen LogP contribution in [-0.4, -0.2) is 47.3 Å². The molecule has 2 aromatic heterocycles. The van der Waals surface area contributed by atoms with Crippen LogP contribution < -0.4 is 5.32 Å². The number of hydrogen-bond acceptors (Lipinski definition) is 6. The van der Waals surface area contributed by atoms with Gasteiger partial charge in [-0.2, -0.15) is 5.10 Å².